The van der Waals surface area contributed by atoms with E-state index in [0.29, 0.717) is 11.3 Å². The third kappa shape index (κ3) is 4.48. The van der Waals surface area contributed by atoms with E-state index in [2.05, 4.69) is 20.0 Å². The van der Waals surface area contributed by atoms with E-state index in [1.807, 2.05) is 0 Å². The van der Waals surface area contributed by atoms with E-state index in [9.17, 15) is 24.4 Å². The molecule has 2 atom stereocenters. The summed E-state index contributed by atoms with van der Waals surface area (Å²) in [5.41, 5.74) is -0.277. The van der Waals surface area contributed by atoms with Gasteiger partial charge >= 0.3 is 5.97 Å². The number of aryl methyl sites for hydroxylation is 1. The number of benzene rings is 2. The van der Waals surface area contributed by atoms with Gasteiger partial charge in [-0.3, -0.25) is 19.2 Å². The Kier molecular flexibility index (Phi) is 6.20. The molecule has 0 saturated heterocycles. The fourth-order valence-electron chi connectivity index (χ4n) is 2.92. The standard InChI is InChI=1S/C20H18N4O7/c1-10-5-3-4-6-12(10)22-19(27)17(25)15(20(28)31-2)16-18(26)23-14-9-11(24(29)30)7-8-13(14)21-16/h3-9,15,24,29H,1-2H3,(H,22,27)(H,23,26). The number of hydrogen-bond donors (Lipinski definition) is 4. The van der Waals surface area contributed by atoms with Crippen LogP contribution in [0.1, 0.15) is 17.2 Å². The van der Waals surface area contributed by atoms with Gasteiger partial charge in [-0.05, 0) is 24.6 Å². The number of ketones is 1. The lowest BCUT2D eigenvalue weighted by molar-refractivity contribution is -0.991. The first-order valence-electron chi connectivity index (χ1n) is 8.99. The molecular formula is C20H18N4O7. The molecule has 1 heterocycles. The van der Waals surface area contributed by atoms with Gasteiger partial charge < -0.3 is 20.2 Å². The monoisotopic (exact) mass is 426 g/mol. The Labute approximate surface area is 174 Å². The van der Waals surface area contributed by atoms with Gasteiger partial charge in [-0.1, -0.05) is 18.2 Å². The number of esters is 1. The van der Waals surface area contributed by atoms with Crippen LogP contribution in [0.2, 0.25) is 0 Å². The highest BCUT2D eigenvalue weighted by Crippen LogP contribution is 2.20. The molecule has 0 radical (unpaired) electrons. The first kappa shape index (κ1) is 21.8. The Morgan fingerprint density at radius 2 is 1.94 bits per heavy atom. The number of hydrogen-bond acceptors (Lipinski definition) is 8. The number of ether oxygens (including phenoxy) is 1. The van der Waals surface area contributed by atoms with Gasteiger partial charge in [0.1, 0.15) is 5.69 Å². The van der Waals surface area contributed by atoms with Crippen molar-refractivity contribution in [2.45, 2.75) is 12.8 Å². The van der Waals surface area contributed by atoms with Crippen molar-refractivity contribution in [3.8, 4) is 0 Å². The Morgan fingerprint density at radius 1 is 1.23 bits per heavy atom. The van der Waals surface area contributed by atoms with Crippen LogP contribution in [-0.2, 0) is 19.1 Å². The van der Waals surface area contributed by atoms with E-state index < -0.39 is 40.1 Å². The number of fused-ring (bicyclic) bond motifs is 1. The molecule has 0 aliphatic rings. The van der Waals surface area contributed by atoms with Crippen molar-refractivity contribution in [3.63, 3.8) is 0 Å². The van der Waals surface area contributed by atoms with Crippen LogP contribution in [0.3, 0.4) is 0 Å². The molecule has 0 spiro atoms. The maximum atomic E-state index is 12.8. The zero-order valence-corrected chi connectivity index (χ0v) is 16.5. The number of Topliss-reactive ketones (excluding diaryl/α,β-unsaturated/α-hetero) is 1. The third-order valence-corrected chi connectivity index (χ3v) is 4.55. The summed E-state index contributed by atoms with van der Waals surface area (Å²) in [6, 6.07) is 10.5. The molecule has 0 saturated carbocycles. The number of quaternary nitrogens is 1. The van der Waals surface area contributed by atoms with E-state index in [0.717, 1.165) is 7.11 Å². The molecule has 160 valence electrons. The van der Waals surface area contributed by atoms with Gasteiger partial charge in [0.15, 0.2) is 11.6 Å². The highest BCUT2D eigenvalue weighted by molar-refractivity contribution is 6.45. The fraction of sp³-hybridized carbons (Fsp3) is 0.150. The van der Waals surface area contributed by atoms with E-state index in [4.69, 9.17) is 5.21 Å². The van der Waals surface area contributed by atoms with E-state index >= 15 is 0 Å². The molecule has 0 bridgehead atoms. The number of rotatable bonds is 6. The van der Waals surface area contributed by atoms with Crippen molar-refractivity contribution in [2.24, 2.45) is 0 Å². The van der Waals surface area contributed by atoms with Gasteiger partial charge in [-0.2, -0.15) is 5.23 Å². The maximum absolute atomic E-state index is 12.8. The average Bonchev–Trinajstić information content (AvgIpc) is 2.75. The first-order valence-corrected chi connectivity index (χ1v) is 8.99. The van der Waals surface area contributed by atoms with Crippen molar-refractivity contribution in [2.75, 3.05) is 12.4 Å². The number of aromatic amines is 1. The molecule has 11 heteroatoms. The number of H-pyrrole nitrogens is 1. The summed E-state index contributed by atoms with van der Waals surface area (Å²) in [6.45, 7) is 1.72. The molecule has 4 N–H and O–H groups in total. The van der Waals surface area contributed by atoms with Gasteiger partial charge in [0.25, 0.3) is 11.5 Å². The lowest BCUT2D eigenvalue weighted by Gasteiger charge is -2.14. The van der Waals surface area contributed by atoms with Crippen molar-refractivity contribution >= 4 is 40.1 Å². The lowest BCUT2D eigenvalue weighted by Crippen LogP contribution is -2.99. The number of nitrogens with zero attached hydrogens (tertiary/aromatic N) is 1. The predicted molar refractivity (Wildman–Crippen MR) is 108 cm³/mol. The molecule has 0 aliphatic carbocycles. The largest absolute Gasteiger partial charge is 0.595 e. The molecule has 1 amide bonds. The topological polar surface area (TPSA) is 166 Å². The van der Waals surface area contributed by atoms with Gasteiger partial charge in [0, 0.05) is 17.8 Å². The molecule has 0 aliphatic heterocycles. The lowest BCUT2D eigenvalue weighted by atomic mass is 9.99. The molecule has 3 rings (SSSR count). The Balaban J connectivity index is 2.02. The number of carbonyl (C=O) groups excluding carboxylic acids is 3. The van der Waals surface area contributed by atoms with Crippen molar-refractivity contribution < 1.29 is 29.6 Å². The quantitative estimate of drug-likeness (QED) is 0.186. The summed E-state index contributed by atoms with van der Waals surface area (Å²) in [5, 5.41) is 21.4. The molecule has 2 aromatic carbocycles. The summed E-state index contributed by atoms with van der Waals surface area (Å²) < 4.78 is 4.62. The second-order valence-corrected chi connectivity index (χ2v) is 6.58. The SMILES string of the molecule is COC(=O)C(C(=O)C(=O)Nc1ccccc1C)c1nc2ccc([NH+]([O-])O)cc2[nH]c1=O. The average molecular weight is 426 g/mol. The van der Waals surface area contributed by atoms with Crippen LogP contribution in [0.5, 0.6) is 0 Å². The summed E-state index contributed by atoms with van der Waals surface area (Å²) in [4.78, 5) is 56.6. The Bertz CT molecular complexity index is 1240. The fourth-order valence-corrected chi connectivity index (χ4v) is 2.92. The third-order valence-electron chi connectivity index (χ3n) is 4.55. The minimum absolute atomic E-state index is 0.0871. The highest BCUT2D eigenvalue weighted by Gasteiger charge is 2.37. The van der Waals surface area contributed by atoms with Crippen molar-refractivity contribution in [1.29, 1.82) is 0 Å². The molecule has 11 nitrogen and oxygen atoms in total. The summed E-state index contributed by atoms with van der Waals surface area (Å²) in [5.74, 6) is -5.38. The highest BCUT2D eigenvalue weighted by atomic mass is 16.8. The number of nitrogens with one attached hydrogen (secondary N) is 3. The second kappa shape index (κ2) is 8.83. The van der Waals surface area contributed by atoms with Crippen LogP contribution < -0.4 is 16.1 Å². The van der Waals surface area contributed by atoms with Crippen LogP contribution in [0.15, 0.2) is 47.3 Å². The van der Waals surface area contributed by atoms with Gasteiger partial charge in [-0.25, -0.2) is 10.2 Å². The number of methoxy groups -OCH3 is 1. The van der Waals surface area contributed by atoms with Crippen molar-refractivity contribution in [1.82, 2.24) is 9.97 Å². The van der Waals surface area contributed by atoms with Gasteiger partial charge in [0.05, 0.1) is 18.1 Å². The van der Waals surface area contributed by atoms with Crippen LogP contribution >= 0.6 is 0 Å². The molecular weight excluding hydrogens is 408 g/mol. The Morgan fingerprint density at radius 3 is 2.58 bits per heavy atom. The van der Waals surface area contributed by atoms with Crippen LogP contribution in [0.25, 0.3) is 11.0 Å². The Hall–Kier alpha value is -3.93. The predicted octanol–water partition coefficient (Wildman–Crippen LogP) is 0.0993. The van der Waals surface area contributed by atoms with E-state index in [-0.39, 0.29) is 16.7 Å². The zero-order chi connectivity index (χ0) is 22.7. The van der Waals surface area contributed by atoms with Gasteiger partial charge in [0.2, 0.25) is 5.78 Å². The second-order valence-electron chi connectivity index (χ2n) is 6.58. The number of carbonyl (C=O) groups is 3. The first-order chi connectivity index (χ1) is 14.7. The minimum Gasteiger partial charge on any atom is -0.595 e. The molecule has 0 fully saturated rings. The van der Waals surface area contributed by atoms with Crippen molar-refractivity contribution in [3.05, 3.63) is 69.3 Å². The minimum atomic E-state index is -1.90. The normalized spacial score (nSPS) is 12.8. The number of anilines is 1. The number of para-hydroxylation sites is 1. The summed E-state index contributed by atoms with van der Waals surface area (Å²) >= 11 is 0. The van der Waals surface area contributed by atoms with Gasteiger partial charge in [-0.15, -0.1) is 0 Å². The smallest absolute Gasteiger partial charge is 0.323 e. The summed E-state index contributed by atoms with van der Waals surface area (Å²) in [7, 11) is 1.01. The molecule has 1 aromatic heterocycles. The number of aromatic nitrogens is 2. The molecule has 31 heavy (non-hydrogen) atoms. The van der Waals surface area contributed by atoms with Crippen LogP contribution in [0, 0.1) is 12.1 Å². The van der Waals surface area contributed by atoms with E-state index in [1.54, 1.807) is 31.2 Å². The molecule has 2 unspecified atom stereocenters. The summed E-state index contributed by atoms with van der Waals surface area (Å²) in [6.07, 6.45) is 0. The number of amides is 1. The molecule has 3 aromatic rings. The zero-order valence-electron chi connectivity index (χ0n) is 16.5. The van der Waals surface area contributed by atoms with E-state index in [1.165, 1.54) is 18.2 Å². The van der Waals surface area contributed by atoms with Crippen LogP contribution in [0.4, 0.5) is 11.4 Å². The maximum Gasteiger partial charge on any atom is 0.323 e. The van der Waals surface area contributed by atoms with Crippen LogP contribution in [-0.4, -0.2) is 39.9 Å².